The van der Waals surface area contributed by atoms with Crippen LogP contribution in [-0.2, 0) is 0 Å². The molecular weight excluding hydrogens is 260 g/mol. The lowest BCUT2D eigenvalue weighted by molar-refractivity contribution is -0.384. The number of ether oxygens (including phenoxy) is 1. The van der Waals surface area contributed by atoms with E-state index in [9.17, 15) is 10.1 Å². The number of nitrogens with one attached hydrogen (secondary N) is 1. The van der Waals surface area contributed by atoms with E-state index in [4.69, 9.17) is 10.5 Å². The maximum absolute atomic E-state index is 10.8. The molecule has 1 heterocycles. The van der Waals surface area contributed by atoms with Crippen LogP contribution in [0.2, 0.25) is 0 Å². The molecule has 0 amide bonds. The molecule has 1 aromatic heterocycles. The van der Waals surface area contributed by atoms with E-state index in [1.54, 1.807) is 12.1 Å². The number of anilines is 3. The molecule has 0 bridgehead atoms. The van der Waals surface area contributed by atoms with Gasteiger partial charge in [-0.2, -0.15) is 0 Å². The number of aromatic nitrogens is 1. The van der Waals surface area contributed by atoms with E-state index in [1.807, 2.05) is 19.1 Å². The van der Waals surface area contributed by atoms with Crippen LogP contribution in [0.4, 0.5) is 23.0 Å². The highest BCUT2D eigenvalue weighted by atomic mass is 16.6. The highest BCUT2D eigenvalue weighted by Crippen LogP contribution is 2.24. The molecular formula is C13H14N4O3. The fraction of sp³-hybridized carbons (Fsp3) is 0.154. The van der Waals surface area contributed by atoms with Gasteiger partial charge in [-0.1, -0.05) is 6.07 Å². The Balaban J connectivity index is 2.25. The quantitative estimate of drug-likeness (QED) is 0.641. The summed E-state index contributed by atoms with van der Waals surface area (Å²) < 4.78 is 5.38. The summed E-state index contributed by atoms with van der Waals surface area (Å²) in [6.07, 6.45) is 0. The molecule has 0 saturated heterocycles. The second-order valence-corrected chi connectivity index (χ2v) is 3.98. The van der Waals surface area contributed by atoms with Crippen molar-refractivity contribution in [1.82, 2.24) is 4.98 Å². The van der Waals surface area contributed by atoms with Gasteiger partial charge < -0.3 is 15.8 Å². The SMILES string of the molecule is CCOc1cccc(Nc2cc([N+](=O)[O-])cc(N)n2)c1. The molecule has 7 nitrogen and oxygen atoms in total. The minimum absolute atomic E-state index is 0.0858. The summed E-state index contributed by atoms with van der Waals surface area (Å²) in [4.78, 5) is 14.3. The van der Waals surface area contributed by atoms with Crippen molar-refractivity contribution in [1.29, 1.82) is 0 Å². The van der Waals surface area contributed by atoms with Crippen LogP contribution in [0.15, 0.2) is 36.4 Å². The Labute approximate surface area is 115 Å². The van der Waals surface area contributed by atoms with Gasteiger partial charge in [0, 0.05) is 11.8 Å². The van der Waals surface area contributed by atoms with Gasteiger partial charge in [0.1, 0.15) is 17.4 Å². The normalized spacial score (nSPS) is 10.1. The van der Waals surface area contributed by atoms with Crippen molar-refractivity contribution in [3.05, 3.63) is 46.5 Å². The maximum Gasteiger partial charge on any atom is 0.276 e. The number of hydrogen-bond donors (Lipinski definition) is 2. The van der Waals surface area contributed by atoms with Gasteiger partial charge in [-0.05, 0) is 19.1 Å². The fourth-order valence-electron chi connectivity index (χ4n) is 1.68. The van der Waals surface area contributed by atoms with Gasteiger partial charge in [0.25, 0.3) is 5.69 Å². The zero-order valence-corrected chi connectivity index (χ0v) is 10.9. The van der Waals surface area contributed by atoms with Crippen molar-refractivity contribution in [2.45, 2.75) is 6.92 Å². The van der Waals surface area contributed by atoms with E-state index < -0.39 is 4.92 Å². The first-order chi connectivity index (χ1) is 9.58. The summed E-state index contributed by atoms with van der Waals surface area (Å²) in [6, 6.07) is 9.75. The van der Waals surface area contributed by atoms with E-state index in [2.05, 4.69) is 10.3 Å². The van der Waals surface area contributed by atoms with Crippen LogP contribution in [0.25, 0.3) is 0 Å². The molecule has 2 aromatic rings. The molecule has 0 unspecified atom stereocenters. The molecule has 2 rings (SSSR count). The van der Waals surface area contributed by atoms with Crippen molar-refractivity contribution >= 4 is 23.0 Å². The summed E-state index contributed by atoms with van der Waals surface area (Å²) in [5.74, 6) is 1.10. The van der Waals surface area contributed by atoms with Crippen molar-refractivity contribution < 1.29 is 9.66 Å². The molecule has 0 saturated carbocycles. The maximum atomic E-state index is 10.8. The second kappa shape index (κ2) is 5.87. The van der Waals surface area contributed by atoms with E-state index in [0.717, 1.165) is 0 Å². The van der Waals surface area contributed by atoms with Gasteiger partial charge in [0.05, 0.1) is 23.7 Å². The monoisotopic (exact) mass is 274 g/mol. The third-order valence-corrected chi connectivity index (χ3v) is 2.46. The summed E-state index contributed by atoms with van der Waals surface area (Å²) in [6.45, 7) is 2.45. The Bertz CT molecular complexity index is 631. The molecule has 0 atom stereocenters. The number of benzene rings is 1. The Morgan fingerprint density at radius 1 is 1.40 bits per heavy atom. The summed E-state index contributed by atoms with van der Waals surface area (Å²) >= 11 is 0. The number of pyridine rings is 1. The van der Waals surface area contributed by atoms with Crippen molar-refractivity contribution in [3.8, 4) is 5.75 Å². The minimum atomic E-state index is -0.514. The van der Waals surface area contributed by atoms with Crippen LogP contribution in [0.5, 0.6) is 5.75 Å². The number of nitrogen functional groups attached to an aromatic ring is 1. The van der Waals surface area contributed by atoms with E-state index in [1.165, 1.54) is 12.1 Å². The summed E-state index contributed by atoms with van der Waals surface area (Å²) in [5, 5.41) is 13.7. The van der Waals surface area contributed by atoms with Crippen LogP contribution in [0.1, 0.15) is 6.92 Å². The third kappa shape index (κ3) is 3.35. The molecule has 0 aliphatic heterocycles. The summed E-state index contributed by atoms with van der Waals surface area (Å²) in [7, 11) is 0. The number of rotatable bonds is 5. The van der Waals surface area contributed by atoms with Crippen molar-refractivity contribution in [2.75, 3.05) is 17.7 Å². The molecule has 3 N–H and O–H groups in total. The number of nitrogens with two attached hydrogens (primary N) is 1. The molecule has 20 heavy (non-hydrogen) atoms. The first-order valence-corrected chi connectivity index (χ1v) is 6.00. The lowest BCUT2D eigenvalue weighted by Crippen LogP contribution is -2.00. The zero-order chi connectivity index (χ0) is 14.5. The molecule has 0 spiro atoms. The molecule has 0 radical (unpaired) electrons. The van der Waals surface area contributed by atoms with Crippen LogP contribution >= 0.6 is 0 Å². The summed E-state index contributed by atoms with van der Waals surface area (Å²) in [5.41, 5.74) is 6.15. The second-order valence-electron chi connectivity index (χ2n) is 3.98. The van der Waals surface area contributed by atoms with Crippen molar-refractivity contribution in [3.63, 3.8) is 0 Å². The Morgan fingerprint density at radius 3 is 2.90 bits per heavy atom. The van der Waals surface area contributed by atoms with Crippen LogP contribution in [-0.4, -0.2) is 16.5 Å². The predicted octanol–water partition coefficient (Wildman–Crippen LogP) is 2.71. The first kappa shape index (κ1) is 13.6. The lowest BCUT2D eigenvalue weighted by atomic mass is 10.3. The molecule has 1 aromatic carbocycles. The first-order valence-electron chi connectivity index (χ1n) is 6.00. The molecule has 0 aliphatic carbocycles. The average Bonchev–Trinajstić information content (AvgIpc) is 2.38. The smallest absolute Gasteiger partial charge is 0.276 e. The predicted molar refractivity (Wildman–Crippen MR) is 76.2 cm³/mol. The Morgan fingerprint density at radius 2 is 2.20 bits per heavy atom. The molecule has 0 aliphatic rings. The molecule has 104 valence electrons. The number of nitrogens with zero attached hydrogens (tertiary/aromatic N) is 2. The minimum Gasteiger partial charge on any atom is -0.494 e. The molecule has 0 fully saturated rings. The van der Waals surface area contributed by atoms with Gasteiger partial charge >= 0.3 is 0 Å². The third-order valence-electron chi connectivity index (χ3n) is 2.46. The van der Waals surface area contributed by atoms with E-state index >= 15 is 0 Å². The zero-order valence-electron chi connectivity index (χ0n) is 10.9. The van der Waals surface area contributed by atoms with Gasteiger partial charge in [0.2, 0.25) is 0 Å². The van der Waals surface area contributed by atoms with Gasteiger partial charge in [-0.3, -0.25) is 10.1 Å². The van der Waals surface area contributed by atoms with Crippen LogP contribution in [0.3, 0.4) is 0 Å². The molecule has 7 heteroatoms. The Kier molecular flexibility index (Phi) is 3.99. The van der Waals surface area contributed by atoms with Gasteiger partial charge in [-0.15, -0.1) is 0 Å². The van der Waals surface area contributed by atoms with E-state index in [-0.39, 0.29) is 11.5 Å². The standard InChI is InChI=1S/C13H14N4O3/c1-2-20-11-5-3-4-9(6-11)15-13-8-10(17(18)19)7-12(14)16-13/h3-8H,2H2,1H3,(H3,14,15,16). The lowest BCUT2D eigenvalue weighted by Gasteiger charge is -2.08. The number of hydrogen-bond acceptors (Lipinski definition) is 6. The average molecular weight is 274 g/mol. The highest BCUT2D eigenvalue weighted by Gasteiger charge is 2.10. The van der Waals surface area contributed by atoms with Crippen LogP contribution < -0.4 is 15.8 Å². The van der Waals surface area contributed by atoms with Crippen LogP contribution in [0, 0.1) is 10.1 Å². The largest absolute Gasteiger partial charge is 0.494 e. The van der Waals surface area contributed by atoms with E-state index in [0.29, 0.717) is 23.9 Å². The van der Waals surface area contributed by atoms with Gasteiger partial charge in [0.15, 0.2) is 0 Å². The highest BCUT2D eigenvalue weighted by molar-refractivity contribution is 5.62. The number of nitro groups is 1. The fourth-order valence-corrected chi connectivity index (χ4v) is 1.68. The van der Waals surface area contributed by atoms with Gasteiger partial charge in [-0.25, -0.2) is 4.98 Å². The van der Waals surface area contributed by atoms with Crippen molar-refractivity contribution in [2.24, 2.45) is 0 Å². The topological polar surface area (TPSA) is 103 Å². The Hall–Kier alpha value is -2.83.